The van der Waals surface area contributed by atoms with Crippen molar-refractivity contribution < 1.29 is 15.3 Å². The average molecular weight is 431 g/mol. The molecule has 3 heteroatoms. The van der Waals surface area contributed by atoms with Gasteiger partial charge in [-0.25, -0.2) is 0 Å². The van der Waals surface area contributed by atoms with E-state index in [0.717, 1.165) is 49.7 Å². The van der Waals surface area contributed by atoms with Crippen LogP contribution in [0.25, 0.3) is 0 Å². The summed E-state index contributed by atoms with van der Waals surface area (Å²) in [7, 11) is 0. The monoisotopic (exact) mass is 430 g/mol. The first-order chi connectivity index (χ1) is 14.5. The zero-order valence-corrected chi connectivity index (χ0v) is 20.5. The molecule has 3 rings (SSSR count). The lowest BCUT2D eigenvalue weighted by Crippen LogP contribution is -2.56. The molecule has 0 aliphatic heterocycles. The molecule has 3 nitrogen and oxygen atoms in total. The van der Waals surface area contributed by atoms with Crippen molar-refractivity contribution >= 4 is 0 Å². The van der Waals surface area contributed by atoms with Crippen LogP contribution in [0.1, 0.15) is 86.0 Å². The van der Waals surface area contributed by atoms with Crippen LogP contribution in [0.15, 0.2) is 36.0 Å². The fraction of sp³-hybridized carbons (Fsp3) is 0.786. The summed E-state index contributed by atoms with van der Waals surface area (Å²) in [5.74, 6) is 2.33. The molecular formula is C28H46O3. The van der Waals surface area contributed by atoms with Crippen LogP contribution in [0.2, 0.25) is 0 Å². The van der Waals surface area contributed by atoms with Crippen molar-refractivity contribution in [3.63, 3.8) is 0 Å². The lowest BCUT2D eigenvalue weighted by molar-refractivity contribution is -0.155. The standard InChI is InChI=1S/C28H46O3/c1-18(2)19(3)8-9-21(5)24-12-13-25-27(24,6)14-7-15-28(25,31)26(30)17-22-16-23(29)11-10-20(22)4/h8-9,17-19,21,23-26,29-31H,4,7,10-16H2,1-3,5-6H3/b9-8+,22-17-/t19-,21+,23+,24+,25+,26-,27+,28-/m0/s1. The van der Waals surface area contributed by atoms with Gasteiger partial charge in [-0.05, 0) is 98.0 Å². The number of aliphatic hydroxyl groups is 3. The predicted octanol–water partition coefficient (Wildman–Crippen LogP) is 5.81. The van der Waals surface area contributed by atoms with Crippen LogP contribution in [-0.2, 0) is 0 Å². The highest BCUT2D eigenvalue weighted by molar-refractivity contribution is 5.33. The summed E-state index contributed by atoms with van der Waals surface area (Å²) in [6, 6.07) is 0. The predicted molar refractivity (Wildman–Crippen MR) is 129 cm³/mol. The molecule has 0 aromatic rings. The molecule has 3 fully saturated rings. The third-order valence-corrected chi connectivity index (χ3v) is 9.27. The maximum absolute atomic E-state index is 11.8. The smallest absolute Gasteiger partial charge is 0.102 e. The topological polar surface area (TPSA) is 60.7 Å². The first-order valence-electron chi connectivity index (χ1n) is 12.6. The molecule has 3 aliphatic rings. The summed E-state index contributed by atoms with van der Waals surface area (Å²) >= 11 is 0. The van der Waals surface area contributed by atoms with E-state index in [9.17, 15) is 15.3 Å². The van der Waals surface area contributed by atoms with Gasteiger partial charge in [-0.2, -0.15) is 0 Å². The number of fused-ring (bicyclic) bond motifs is 1. The molecule has 176 valence electrons. The summed E-state index contributed by atoms with van der Waals surface area (Å²) in [6.45, 7) is 15.6. The Balaban J connectivity index is 1.80. The van der Waals surface area contributed by atoms with E-state index in [0.29, 0.717) is 36.5 Å². The third kappa shape index (κ3) is 4.89. The Kier molecular flexibility index (Phi) is 7.61. The van der Waals surface area contributed by atoms with Gasteiger partial charge < -0.3 is 15.3 Å². The van der Waals surface area contributed by atoms with E-state index in [1.807, 2.05) is 6.08 Å². The quantitative estimate of drug-likeness (QED) is 0.466. The lowest BCUT2D eigenvalue weighted by Gasteiger charge is -2.52. The molecule has 8 atom stereocenters. The number of hydrogen-bond acceptors (Lipinski definition) is 3. The minimum absolute atomic E-state index is 0.0421. The maximum atomic E-state index is 11.8. The molecule has 0 saturated heterocycles. The Hall–Kier alpha value is -0.900. The van der Waals surface area contributed by atoms with Gasteiger partial charge >= 0.3 is 0 Å². The fourth-order valence-electron chi connectivity index (χ4n) is 6.82. The molecule has 0 amide bonds. The zero-order chi connectivity index (χ0) is 23.0. The maximum Gasteiger partial charge on any atom is 0.102 e. The van der Waals surface area contributed by atoms with E-state index in [1.165, 1.54) is 0 Å². The van der Waals surface area contributed by atoms with Crippen molar-refractivity contribution in [3.8, 4) is 0 Å². The van der Waals surface area contributed by atoms with Crippen LogP contribution in [0.4, 0.5) is 0 Å². The second-order valence-electron chi connectivity index (χ2n) is 11.6. The summed E-state index contributed by atoms with van der Waals surface area (Å²) in [6.07, 6.45) is 12.2. The second-order valence-corrected chi connectivity index (χ2v) is 11.6. The van der Waals surface area contributed by atoms with Crippen molar-refractivity contribution in [2.45, 2.75) is 104 Å². The van der Waals surface area contributed by atoms with Crippen molar-refractivity contribution in [1.82, 2.24) is 0 Å². The van der Waals surface area contributed by atoms with Gasteiger partial charge in [0.05, 0.1) is 11.7 Å². The molecule has 0 bridgehead atoms. The number of hydrogen-bond donors (Lipinski definition) is 3. The van der Waals surface area contributed by atoms with Gasteiger partial charge in [0.1, 0.15) is 6.10 Å². The Labute approximate surface area is 190 Å². The first kappa shape index (κ1) is 24.7. The van der Waals surface area contributed by atoms with Crippen LogP contribution in [-0.4, -0.2) is 33.1 Å². The highest BCUT2D eigenvalue weighted by Gasteiger charge is 2.59. The Bertz CT molecular complexity index is 707. The lowest BCUT2D eigenvalue weighted by atomic mass is 9.56. The number of rotatable bonds is 6. The van der Waals surface area contributed by atoms with Crippen LogP contribution in [0.3, 0.4) is 0 Å². The minimum Gasteiger partial charge on any atom is -0.393 e. The molecule has 0 unspecified atom stereocenters. The number of allylic oxidation sites excluding steroid dienone is 3. The molecule has 31 heavy (non-hydrogen) atoms. The van der Waals surface area contributed by atoms with E-state index in [4.69, 9.17) is 0 Å². The van der Waals surface area contributed by atoms with Crippen molar-refractivity contribution in [2.24, 2.45) is 35.0 Å². The minimum atomic E-state index is -1.09. The summed E-state index contributed by atoms with van der Waals surface area (Å²) in [5, 5.41) is 33.2. The first-order valence-corrected chi connectivity index (χ1v) is 12.6. The van der Waals surface area contributed by atoms with Gasteiger partial charge in [0, 0.05) is 0 Å². The summed E-state index contributed by atoms with van der Waals surface area (Å²) < 4.78 is 0. The number of aliphatic hydroxyl groups excluding tert-OH is 2. The van der Waals surface area contributed by atoms with Gasteiger partial charge in [0.2, 0.25) is 0 Å². The van der Waals surface area contributed by atoms with Crippen molar-refractivity contribution in [2.75, 3.05) is 0 Å². The van der Waals surface area contributed by atoms with E-state index in [1.54, 1.807) is 0 Å². The molecule has 3 aliphatic carbocycles. The average Bonchev–Trinajstić information content (AvgIpc) is 3.07. The summed E-state index contributed by atoms with van der Waals surface area (Å²) in [4.78, 5) is 0. The van der Waals surface area contributed by atoms with Crippen LogP contribution in [0.5, 0.6) is 0 Å². The third-order valence-electron chi connectivity index (χ3n) is 9.27. The van der Waals surface area contributed by atoms with Crippen LogP contribution in [0, 0.1) is 35.0 Å². The Morgan fingerprint density at radius 2 is 1.77 bits per heavy atom. The van der Waals surface area contributed by atoms with E-state index >= 15 is 0 Å². The van der Waals surface area contributed by atoms with Gasteiger partial charge in [-0.1, -0.05) is 58.9 Å². The van der Waals surface area contributed by atoms with Crippen LogP contribution < -0.4 is 0 Å². The molecule has 0 heterocycles. The van der Waals surface area contributed by atoms with E-state index < -0.39 is 11.7 Å². The van der Waals surface area contributed by atoms with Gasteiger partial charge in [-0.3, -0.25) is 0 Å². The van der Waals surface area contributed by atoms with Gasteiger partial charge in [0.25, 0.3) is 0 Å². The van der Waals surface area contributed by atoms with Crippen molar-refractivity contribution in [1.29, 1.82) is 0 Å². The van der Waals surface area contributed by atoms with Crippen LogP contribution >= 0.6 is 0 Å². The Morgan fingerprint density at radius 3 is 2.45 bits per heavy atom. The normalized spacial score (nSPS) is 41.0. The van der Waals surface area contributed by atoms with Gasteiger partial charge in [0.15, 0.2) is 0 Å². The molecular weight excluding hydrogens is 384 g/mol. The highest BCUT2D eigenvalue weighted by Crippen LogP contribution is 2.61. The largest absolute Gasteiger partial charge is 0.393 e. The zero-order valence-electron chi connectivity index (χ0n) is 20.5. The van der Waals surface area contributed by atoms with E-state index in [2.05, 4.69) is 53.3 Å². The Morgan fingerprint density at radius 1 is 1.06 bits per heavy atom. The molecule has 0 radical (unpaired) electrons. The molecule has 0 spiro atoms. The van der Waals surface area contributed by atoms with Gasteiger partial charge in [-0.15, -0.1) is 0 Å². The van der Waals surface area contributed by atoms with E-state index in [-0.39, 0.29) is 17.4 Å². The van der Waals surface area contributed by atoms with Crippen molar-refractivity contribution in [3.05, 3.63) is 36.0 Å². The SMILES string of the molecule is C=C1CC[C@@H](O)C/C1=C/[C@H](O)[C@]1(O)CCC[C@]2(C)[C@@H]([C@H](C)/C=C/[C@H](C)C(C)C)CC[C@H]21. The molecule has 0 aromatic carbocycles. The second kappa shape index (κ2) is 9.53. The summed E-state index contributed by atoms with van der Waals surface area (Å²) in [5.41, 5.74) is 0.876. The molecule has 3 N–H and O–H groups in total. The highest BCUT2D eigenvalue weighted by atomic mass is 16.3. The molecule has 3 saturated carbocycles. The molecule has 0 aromatic heterocycles. The fourth-order valence-corrected chi connectivity index (χ4v) is 6.82.